The number of nitrogens with zero attached hydrogens (tertiary/aromatic N) is 2. The first kappa shape index (κ1) is 11.0. The van der Waals surface area contributed by atoms with Crippen molar-refractivity contribution in [3.63, 3.8) is 0 Å². The molecule has 2 heterocycles. The predicted octanol–water partition coefficient (Wildman–Crippen LogP) is -0.0770. The molecule has 86 valence electrons. The van der Waals surface area contributed by atoms with Crippen LogP contribution in [-0.4, -0.2) is 34.6 Å². The fraction of sp³-hybridized carbons (Fsp3) is 0.500. The van der Waals surface area contributed by atoms with Crippen LogP contribution >= 0.6 is 0 Å². The van der Waals surface area contributed by atoms with Gasteiger partial charge in [0.25, 0.3) is 0 Å². The zero-order valence-electron chi connectivity index (χ0n) is 8.85. The van der Waals surface area contributed by atoms with Crippen molar-refractivity contribution in [1.82, 2.24) is 9.97 Å². The van der Waals surface area contributed by atoms with Crippen molar-refractivity contribution in [3.8, 4) is 0 Å². The number of ether oxygens (including phenoxy) is 1. The molecule has 0 radical (unpaired) electrons. The van der Waals surface area contributed by atoms with Gasteiger partial charge in [-0.2, -0.15) is 0 Å². The summed E-state index contributed by atoms with van der Waals surface area (Å²) in [5, 5.41) is 2.71. The molecule has 16 heavy (non-hydrogen) atoms. The molecule has 0 aliphatic carbocycles. The Kier molecular flexibility index (Phi) is 3.12. The highest BCUT2D eigenvalue weighted by molar-refractivity contribution is 5.97. The SMILES string of the molecule is NC1(C(=O)Nc2cncnc2)CCOCC1. The van der Waals surface area contributed by atoms with Crippen LogP contribution in [0.5, 0.6) is 0 Å². The van der Waals surface area contributed by atoms with Crippen molar-refractivity contribution in [3.05, 3.63) is 18.7 Å². The summed E-state index contributed by atoms with van der Waals surface area (Å²) in [6.07, 6.45) is 5.54. The Bertz CT molecular complexity index is 362. The van der Waals surface area contributed by atoms with Gasteiger partial charge in [-0.3, -0.25) is 4.79 Å². The van der Waals surface area contributed by atoms with Crippen LogP contribution in [0.15, 0.2) is 18.7 Å². The van der Waals surface area contributed by atoms with E-state index >= 15 is 0 Å². The third-order valence-corrected chi connectivity index (χ3v) is 2.66. The minimum absolute atomic E-state index is 0.203. The molecule has 6 heteroatoms. The Morgan fingerprint density at radius 3 is 2.62 bits per heavy atom. The first-order valence-corrected chi connectivity index (χ1v) is 5.14. The van der Waals surface area contributed by atoms with E-state index in [2.05, 4.69) is 15.3 Å². The molecule has 0 saturated carbocycles. The van der Waals surface area contributed by atoms with Gasteiger partial charge >= 0.3 is 0 Å². The van der Waals surface area contributed by atoms with Gasteiger partial charge in [0.15, 0.2) is 0 Å². The topological polar surface area (TPSA) is 90.1 Å². The quantitative estimate of drug-likeness (QED) is 0.730. The second-order valence-corrected chi connectivity index (χ2v) is 3.85. The lowest BCUT2D eigenvalue weighted by Gasteiger charge is -2.31. The van der Waals surface area contributed by atoms with Crippen molar-refractivity contribution in [2.24, 2.45) is 5.73 Å². The number of anilines is 1. The van der Waals surface area contributed by atoms with Crippen LogP contribution in [0.25, 0.3) is 0 Å². The van der Waals surface area contributed by atoms with Crippen LogP contribution in [-0.2, 0) is 9.53 Å². The Morgan fingerprint density at radius 2 is 2.00 bits per heavy atom. The molecular weight excluding hydrogens is 208 g/mol. The molecule has 0 aromatic carbocycles. The van der Waals surface area contributed by atoms with Gasteiger partial charge in [-0.25, -0.2) is 9.97 Å². The highest BCUT2D eigenvalue weighted by Crippen LogP contribution is 2.19. The first-order valence-electron chi connectivity index (χ1n) is 5.14. The lowest BCUT2D eigenvalue weighted by molar-refractivity contribution is -0.124. The molecule has 6 nitrogen and oxygen atoms in total. The molecule has 2 rings (SSSR count). The van der Waals surface area contributed by atoms with Crippen molar-refractivity contribution < 1.29 is 9.53 Å². The Hall–Kier alpha value is -1.53. The smallest absolute Gasteiger partial charge is 0.244 e. The van der Waals surface area contributed by atoms with Crippen molar-refractivity contribution in [2.45, 2.75) is 18.4 Å². The third-order valence-electron chi connectivity index (χ3n) is 2.66. The summed E-state index contributed by atoms with van der Waals surface area (Å²) < 4.78 is 5.18. The molecule has 1 amide bonds. The third kappa shape index (κ3) is 2.34. The van der Waals surface area contributed by atoms with E-state index in [-0.39, 0.29) is 5.91 Å². The lowest BCUT2D eigenvalue weighted by Crippen LogP contribution is -2.54. The maximum absolute atomic E-state index is 11.9. The van der Waals surface area contributed by atoms with E-state index < -0.39 is 5.54 Å². The minimum Gasteiger partial charge on any atom is -0.381 e. The van der Waals surface area contributed by atoms with Crippen LogP contribution < -0.4 is 11.1 Å². The predicted molar refractivity (Wildman–Crippen MR) is 57.6 cm³/mol. The Balaban J connectivity index is 2.02. The zero-order valence-corrected chi connectivity index (χ0v) is 8.85. The van der Waals surface area contributed by atoms with E-state index in [0.717, 1.165) is 0 Å². The number of hydrogen-bond donors (Lipinski definition) is 2. The summed E-state index contributed by atoms with van der Waals surface area (Å²) in [6, 6.07) is 0. The van der Waals surface area contributed by atoms with E-state index in [0.29, 0.717) is 31.7 Å². The molecule has 1 aliphatic rings. The van der Waals surface area contributed by atoms with Crippen molar-refractivity contribution in [1.29, 1.82) is 0 Å². The van der Waals surface area contributed by atoms with Gasteiger partial charge in [-0.05, 0) is 12.8 Å². The highest BCUT2D eigenvalue weighted by atomic mass is 16.5. The van der Waals surface area contributed by atoms with Gasteiger partial charge in [0, 0.05) is 13.2 Å². The van der Waals surface area contributed by atoms with Gasteiger partial charge in [-0.15, -0.1) is 0 Å². The van der Waals surface area contributed by atoms with Crippen molar-refractivity contribution in [2.75, 3.05) is 18.5 Å². The lowest BCUT2D eigenvalue weighted by atomic mass is 9.90. The fourth-order valence-electron chi connectivity index (χ4n) is 1.58. The van der Waals surface area contributed by atoms with Crippen LogP contribution in [0.2, 0.25) is 0 Å². The monoisotopic (exact) mass is 222 g/mol. The second-order valence-electron chi connectivity index (χ2n) is 3.85. The molecule has 0 unspecified atom stereocenters. The number of nitrogens with one attached hydrogen (secondary N) is 1. The molecular formula is C10H14N4O2. The summed E-state index contributed by atoms with van der Waals surface area (Å²) in [5.74, 6) is -0.203. The zero-order chi connectivity index (χ0) is 11.4. The largest absolute Gasteiger partial charge is 0.381 e. The summed E-state index contributed by atoms with van der Waals surface area (Å²) in [6.45, 7) is 1.05. The number of carbonyl (C=O) groups excluding carboxylic acids is 1. The van der Waals surface area contributed by atoms with E-state index in [9.17, 15) is 4.79 Å². The molecule has 1 saturated heterocycles. The average Bonchev–Trinajstić information content (AvgIpc) is 2.31. The van der Waals surface area contributed by atoms with Crippen LogP contribution in [0.4, 0.5) is 5.69 Å². The number of aromatic nitrogens is 2. The molecule has 3 N–H and O–H groups in total. The first-order chi connectivity index (χ1) is 7.71. The second kappa shape index (κ2) is 4.54. The number of amides is 1. The van der Waals surface area contributed by atoms with Gasteiger partial charge in [-0.1, -0.05) is 0 Å². The fourth-order valence-corrected chi connectivity index (χ4v) is 1.58. The molecule has 0 spiro atoms. The highest BCUT2D eigenvalue weighted by Gasteiger charge is 2.35. The molecule has 1 aromatic heterocycles. The standard InChI is InChI=1S/C10H14N4O2/c11-10(1-3-16-4-2-10)9(15)14-8-5-12-7-13-6-8/h5-7H,1-4,11H2,(H,14,15). The van der Waals surface area contributed by atoms with E-state index in [4.69, 9.17) is 10.5 Å². The summed E-state index contributed by atoms with van der Waals surface area (Å²) in [7, 11) is 0. The van der Waals surface area contributed by atoms with E-state index in [1.807, 2.05) is 0 Å². The molecule has 1 aromatic rings. The molecule has 1 aliphatic heterocycles. The van der Waals surface area contributed by atoms with Gasteiger partial charge in [0.1, 0.15) is 11.9 Å². The Morgan fingerprint density at radius 1 is 1.38 bits per heavy atom. The maximum Gasteiger partial charge on any atom is 0.244 e. The van der Waals surface area contributed by atoms with Crippen LogP contribution in [0.1, 0.15) is 12.8 Å². The molecule has 0 atom stereocenters. The van der Waals surface area contributed by atoms with Crippen molar-refractivity contribution >= 4 is 11.6 Å². The normalized spacial score (nSPS) is 19.1. The van der Waals surface area contributed by atoms with Gasteiger partial charge < -0.3 is 15.8 Å². The van der Waals surface area contributed by atoms with Crippen LogP contribution in [0.3, 0.4) is 0 Å². The average molecular weight is 222 g/mol. The molecule has 1 fully saturated rings. The van der Waals surface area contributed by atoms with Gasteiger partial charge in [0.05, 0.1) is 18.1 Å². The summed E-state index contributed by atoms with van der Waals surface area (Å²) in [4.78, 5) is 19.6. The number of hydrogen-bond acceptors (Lipinski definition) is 5. The number of rotatable bonds is 2. The minimum atomic E-state index is -0.839. The Labute approximate surface area is 93.2 Å². The number of carbonyl (C=O) groups is 1. The van der Waals surface area contributed by atoms with Crippen LogP contribution in [0, 0.1) is 0 Å². The maximum atomic E-state index is 11.9. The number of nitrogens with two attached hydrogens (primary N) is 1. The summed E-state index contributed by atoms with van der Waals surface area (Å²) >= 11 is 0. The van der Waals surface area contributed by atoms with E-state index in [1.54, 1.807) is 0 Å². The summed E-state index contributed by atoms with van der Waals surface area (Å²) in [5.41, 5.74) is 5.74. The van der Waals surface area contributed by atoms with Gasteiger partial charge in [0.2, 0.25) is 5.91 Å². The molecule has 0 bridgehead atoms. The van der Waals surface area contributed by atoms with E-state index in [1.165, 1.54) is 18.7 Å².